The number of nitrogens with zero attached hydrogens (tertiary/aromatic N) is 1. The first kappa shape index (κ1) is 43.1. The maximum Gasteiger partial charge on any atom is 0.311 e. The highest BCUT2D eigenvalue weighted by atomic mass is 16.7. The van der Waals surface area contributed by atoms with Gasteiger partial charge in [-0.2, -0.15) is 0 Å². The van der Waals surface area contributed by atoms with Crippen molar-refractivity contribution in [2.24, 2.45) is 29.6 Å². The van der Waals surface area contributed by atoms with Gasteiger partial charge in [0.2, 0.25) is 0 Å². The maximum atomic E-state index is 14.1. The van der Waals surface area contributed by atoms with Crippen molar-refractivity contribution < 1.29 is 58.4 Å². The molecule has 0 bridgehead atoms. The third-order valence-electron chi connectivity index (χ3n) is 11.8. The normalized spacial score (nSPS) is 49.0. The quantitative estimate of drug-likeness (QED) is 0.284. The van der Waals surface area contributed by atoms with Gasteiger partial charge in [0.1, 0.15) is 29.7 Å². The summed E-state index contributed by atoms with van der Waals surface area (Å²) in [7, 11) is 5.30. The van der Waals surface area contributed by atoms with Gasteiger partial charge in [-0.25, -0.2) is 0 Å². The van der Waals surface area contributed by atoms with Crippen molar-refractivity contribution in [3.8, 4) is 0 Å². The number of methoxy groups -OCH3 is 1. The molecule has 3 rings (SSSR count). The number of aliphatic hydroxyl groups is 4. The number of cyclic esters (lactones) is 1. The van der Waals surface area contributed by atoms with Crippen LogP contribution in [0.4, 0.5) is 0 Å². The molecule has 0 saturated carbocycles. The third-order valence-corrected chi connectivity index (χ3v) is 11.8. The fraction of sp³-hybridized carbons (Fsp3) is 0.946. The Kier molecular flexibility index (Phi) is 14.9. The molecule has 0 aromatic rings. The molecular formula is C37H67NO12. The van der Waals surface area contributed by atoms with Crippen LogP contribution in [-0.2, 0) is 38.0 Å². The summed E-state index contributed by atoms with van der Waals surface area (Å²) in [5.74, 6) is -4.24. The summed E-state index contributed by atoms with van der Waals surface area (Å²) in [4.78, 5) is 29.8. The lowest BCUT2D eigenvalue weighted by molar-refractivity contribution is -0.309. The van der Waals surface area contributed by atoms with Crippen molar-refractivity contribution >= 4 is 11.8 Å². The van der Waals surface area contributed by atoms with Gasteiger partial charge in [-0.3, -0.25) is 9.59 Å². The molecule has 3 heterocycles. The van der Waals surface area contributed by atoms with E-state index < -0.39 is 96.2 Å². The second-order valence-electron chi connectivity index (χ2n) is 16.2. The standard InChI is InChI=1S/C37H67NO12/c1-14-26-37(10,44)32(41)21(5)28(39)18(2)15-19(3)30(50-35-29(40)25(38(11)12)16-20(4)46-35)22(6)31(23(7)34(43)48-26)49-27-17-36(9,45-13)33(42)24(8)47-27/h18-27,29-33,35,40-42,44H,14-17H2,1-13H3/t18-,19+,20-,21+,22+,23-,24+,25+,26-,27+,29-,30+,31+,32+,33+,35+,36-,37-/m1/s1. The van der Waals surface area contributed by atoms with Crippen LogP contribution in [0.2, 0.25) is 0 Å². The fourth-order valence-electron chi connectivity index (χ4n) is 8.35. The van der Waals surface area contributed by atoms with Crippen molar-refractivity contribution in [3.05, 3.63) is 0 Å². The number of ketones is 1. The monoisotopic (exact) mass is 717 g/mol. The van der Waals surface area contributed by atoms with Gasteiger partial charge >= 0.3 is 5.97 Å². The largest absolute Gasteiger partial charge is 0.459 e. The van der Waals surface area contributed by atoms with Crippen molar-refractivity contribution in [2.45, 2.75) is 174 Å². The molecule has 13 heteroatoms. The second-order valence-corrected chi connectivity index (χ2v) is 16.2. The summed E-state index contributed by atoms with van der Waals surface area (Å²) in [6.45, 7) is 17.4. The minimum Gasteiger partial charge on any atom is -0.459 e. The summed E-state index contributed by atoms with van der Waals surface area (Å²) in [6.07, 6.45) is -7.62. The van der Waals surface area contributed by atoms with Crippen LogP contribution >= 0.6 is 0 Å². The van der Waals surface area contributed by atoms with Crippen molar-refractivity contribution in [1.82, 2.24) is 4.90 Å². The average molecular weight is 718 g/mol. The molecule has 3 saturated heterocycles. The number of rotatable bonds is 7. The van der Waals surface area contributed by atoms with E-state index in [0.29, 0.717) is 12.8 Å². The molecule has 4 N–H and O–H groups in total. The lowest BCUT2D eigenvalue weighted by Gasteiger charge is -2.47. The highest BCUT2D eigenvalue weighted by Crippen LogP contribution is 2.39. The van der Waals surface area contributed by atoms with Gasteiger partial charge in [0, 0.05) is 37.3 Å². The Hall–Kier alpha value is -1.26. The highest BCUT2D eigenvalue weighted by Gasteiger charge is 2.51. The number of ether oxygens (including phenoxy) is 6. The molecule has 3 aliphatic heterocycles. The minimum atomic E-state index is -1.92. The van der Waals surface area contributed by atoms with Crippen LogP contribution < -0.4 is 0 Å². The molecule has 0 aromatic heterocycles. The van der Waals surface area contributed by atoms with E-state index >= 15 is 0 Å². The molecule has 0 aliphatic carbocycles. The average Bonchev–Trinajstić information content (AvgIpc) is 3.05. The first-order valence-electron chi connectivity index (χ1n) is 18.4. The van der Waals surface area contributed by atoms with E-state index in [1.807, 2.05) is 39.8 Å². The van der Waals surface area contributed by atoms with E-state index in [2.05, 4.69) is 0 Å². The Bertz CT molecular complexity index is 1120. The van der Waals surface area contributed by atoms with E-state index in [1.54, 1.807) is 41.5 Å². The van der Waals surface area contributed by atoms with Gasteiger partial charge < -0.3 is 53.7 Å². The Morgan fingerprint density at radius 1 is 0.880 bits per heavy atom. The summed E-state index contributed by atoms with van der Waals surface area (Å²) in [6, 6.07) is -0.231. The van der Waals surface area contributed by atoms with Crippen LogP contribution in [0.3, 0.4) is 0 Å². The lowest BCUT2D eigenvalue weighted by atomic mass is 9.75. The topological polar surface area (TPSA) is 174 Å². The minimum absolute atomic E-state index is 0.162. The molecule has 3 fully saturated rings. The first-order chi connectivity index (χ1) is 23.1. The number of likely N-dealkylation sites (N-methyl/N-ethyl adjacent to an activating group) is 1. The van der Waals surface area contributed by atoms with Crippen LogP contribution in [0.15, 0.2) is 0 Å². The number of Topliss-reactive ketones (excluding diaryl/α,β-unsaturated/α-hetero) is 1. The molecule has 292 valence electrons. The molecule has 0 unspecified atom stereocenters. The lowest BCUT2D eigenvalue weighted by Crippen LogP contribution is -2.59. The Labute approximate surface area is 299 Å². The first-order valence-corrected chi connectivity index (χ1v) is 18.4. The Morgan fingerprint density at radius 2 is 1.50 bits per heavy atom. The summed E-state index contributed by atoms with van der Waals surface area (Å²) in [5, 5.41) is 45.2. The number of hydrogen-bond donors (Lipinski definition) is 4. The second kappa shape index (κ2) is 17.3. The van der Waals surface area contributed by atoms with Crippen molar-refractivity contribution in [1.29, 1.82) is 0 Å². The van der Waals surface area contributed by atoms with Crippen LogP contribution in [0.25, 0.3) is 0 Å². The molecule has 3 aliphatic rings. The molecule has 0 radical (unpaired) electrons. The van der Waals surface area contributed by atoms with Gasteiger partial charge in [-0.15, -0.1) is 0 Å². The molecule has 0 aromatic carbocycles. The SMILES string of the molecule is CC[C@H]1OC(=O)[C@H](C)[C@@H](O[C@H]2C[C@@](C)(OC)[C@@H](O)[C@H](C)O2)[C@@H](C)[C@@H](O[C@@H]2O[C@H](C)C[C@H](N(C)C)[C@H]2O)[C@@H](C)C[C@@H](C)C(=O)[C@H](C)[C@H](O)[C@]1(C)O. The predicted molar refractivity (Wildman–Crippen MR) is 185 cm³/mol. The van der Waals surface area contributed by atoms with Gasteiger partial charge in [-0.1, -0.05) is 34.6 Å². The fourth-order valence-corrected chi connectivity index (χ4v) is 8.35. The van der Waals surface area contributed by atoms with Gasteiger partial charge in [-0.05, 0) is 73.9 Å². The van der Waals surface area contributed by atoms with Gasteiger partial charge in [0.05, 0.1) is 42.0 Å². The van der Waals surface area contributed by atoms with E-state index in [0.717, 1.165) is 0 Å². The molecule has 0 amide bonds. The smallest absolute Gasteiger partial charge is 0.311 e. The van der Waals surface area contributed by atoms with Crippen LogP contribution in [0.5, 0.6) is 0 Å². The zero-order valence-electron chi connectivity index (χ0n) is 32.6. The number of aliphatic hydroxyl groups excluding tert-OH is 3. The van der Waals surface area contributed by atoms with E-state index in [4.69, 9.17) is 28.4 Å². The van der Waals surface area contributed by atoms with Crippen LogP contribution in [0.1, 0.15) is 94.9 Å². The van der Waals surface area contributed by atoms with Crippen LogP contribution in [0, 0.1) is 29.6 Å². The molecule has 50 heavy (non-hydrogen) atoms. The third kappa shape index (κ3) is 9.26. The predicted octanol–water partition coefficient (Wildman–Crippen LogP) is 2.67. The number of carbonyl (C=O) groups excluding carboxylic acids is 2. The molecular weight excluding hydrogens is 650 g/mol. The summed E-state index contributed by atoms with van der Waals surface area (Å²) >= 11 is 0. The maximum absolute atomic E-state index is 14.1. The number of esters is 1. The van der Waals surface area contributed by atoms with Crippen LogP contribution in [-0.4, -0.2) is 137 Å². The Balaban J connectivity index is 2.13. The summed E-state index contributed by atoms with van der Waals surface area (Å²) in [5.41, 5.74) is -2.92. The summed E-state index contributed by atoms with van der Waals surface area (Å²) < 4.78 is 37.4. The number of carbonyl (C=O) groups is 2. The molecule has 0 spiro atoms. The van der Waals surface area contributed by atoms with Crippen molar-refractivity contribution in [3.63, 3.8) is 0 Å². The van der Waals surface area contributed by atoms with E-state index in [9.17, 15) is 30.0 Å². The molecule has 13 nitrogen and oxygen atoms in total. The zero-order valence-corrected chi connectivity index (χ0v) is 32.6. The Morgan fingerprint density at radius 3 is 2.06 bits per heavy atom. The van der Waals surface area contributed by atoms with E-state index in [-0.39, 0.29) is 36.7 Å². The molecule has 18 atom stereocenters. The van der Waals surface area contributed by atoms with E-state index in [1.165, 1.54) is 14.0 Å². The van der Waals surface area contributed by atoms with Gasteiger partial charge in [0.15, 0.2) is 12.6 Å². The number of hydrogen-bond acceptors (Lipinski definition) is 13. The van der Waals surface area contributed by atoms with Crippen molar-refractivity contribution in [2.75, 3.05) is 21.2 Å². The zero-order chi connectivity index (χ0) is 38.0. The highest BCUT2D eigenvalue weighted by molar-refractivity contribution is 5.83. The van der Waals surface area contributed by atoms with Gasteiger partial charge in [0.25, 0.3) is 0 Å².